The zero-order chi connectivity index (χ0) is 62.6. The van der Waals surface area contributed by atoms with Crippen LogP contribution in [0.1, 0.15) is 46.1 Å². The molecule has 1 radical (unpaired) electrons. The molecule has 9 aromatic heterocycles. The molecule has 0 atom stereocenters. The Balaban J connectivity index is 0.000000510. The summed E-state index contributed by atoms with van der Waals surface area (Å²) in [5.41, 5.74) is 10.6. The number of aryl methyl sites for hydroxylation is 8. The number of methoxy groups -OCH3 is 2. The Morgan fingerprint density at radius 2 is 1.06 bits per heavy atom. The second kappa shape index (κ2) is 44.1. The summed E-state index contributed by atoms with van der Waals surface area (Å²) in [6.45, 7) is 15.2. The van der Waals surface area contributed by atoms with Gasteiger partial charge in [-0.2, -0.15) is 0 Å². The van der Waals surface area contributed by atoms with Crippen LogP contribution in [0.2, 0.25) is 0 Å². The van der Waals surface area contributed by atoms with Gasteiger partial charge in [-0.25, -0.2) is 54.8 Å². The molecule has 8 N–H and O–H groups in total. The Kier molecular flexibility index (Phi) is 40.3. The molecule has 0 saturated carbocycles. The number of nitrogens with two attached hydrogens (primary N) is 1. The van der Waals surface area contributed by atoms with Crippen molar-refractivity contribution in [3.8, 4) is 10.4 Å². The van der Waals surface area contributed by atoms with Gasteiger partial charge in [0.05, 0.1) is 20.7 Å². The van der Waals surface area contributed by atoms with Crippen molar-refractivity contribution in [1.29, 1.82) is 0 Å². The second-order valence-corrected chi connectivity index (χ2v) is 23.1. The van der Waals surface area contributed by atoms with Gasteiger partial charge in [0, 0.05) is 104 Å². The molecule has 23 nitrogen and oxygen atoms in total. The average molecular weight is 1420 g/mol. The number of alkyl halides is 4. The minimum absolute atomic E-state index is 0. The molecule has 0 aliphatic rings. The number of ether oxygens (including phenoxy) is 2. The van der Waals surface area contributed by atoms with Crippen molar-refractivity contribution < 1.29 is 19.5 Å². The maximum atomic E-state index is 8.55. The number of halogens is 6. The summed E-state index contributed by atoms with van der Waals surface area (Å²) < 4.78 is 12.3. The summed E-state index contributed by atoms with van der Waals surface area (Å²) in [5, 5.41) is 33.9. The van der Waals surface area contributed by atoms with Gasteiger partial charge in [0.15, 0.2) is 31.1 Å². The SMILES string of the molecule is COC(CCl)OC.Cc1cc(NC(N)=S)nc(C)n1.Cc1cc(Nc2ncc(-c3ccncc3)s2)nc(C)n1.Cc1cc(Nc2ncc(Br)s2)nc(C)n1.Cc1cc(Nc2nccs2)nc(C)n1.Cl.ClC(Cl)Cl.OB(O)c1ccncc1.[B]=NS. The zero-order valence-corrected chi connectivity index (χ0v) is 56.8. The van der Waals surface area contributed by atoms with Crippen molar-refractivity contribution in [2.24, 2.45) is 10.0 Å². The van der Waals surface area contributed by atoms with Crippen molar-refractivity contribution in [3.05, 3.63) is 147 Å². The van der Waals surface area contributed by atoms with Crippen LogP contribution in [0.15, 0.2) is 105 Å². The van der Waals surface area contributed by atoms with Crippen molar-refractivity contribution in [1.82, 2.24) is 64.8 Å². The normalized spacial score (nSPS) is 9.68. The van der Waals surface area contributed by atoms with E-state index < -0.39 is 11.4 Å². The van der Waals surface area contributed by atoms with E-state index in [2.05, 4.69) is 139 Å². The van der Waals surface area contributed by atoms with Crippen molar-refractivity contribution in [2.75, 3.05) is 41.4 Å². The number of rotatable bonds is 12. The van der Waals surface area contributed by atoms with Gasteiger partial charge in [-0.3, -0.25) is 9.97 Å². The number of hydrogen-bond donors (Lipinski definition) is 8. The molecular weight excluding hydrogens is 1360 g/mol. The topological polar surface area (TPSA) is 313 Å². The maximum absolute atomic E-state index is 8.55. The molecule has 0 amide bonds. The number of thiazole rings is 3. The van der Waals surface area contributed by atoms with Gasteiger partial charge in [0.1, 0.15) is 46.6 Å². The number of pyridine rings is 2. The predicted octanol–water partition coefficient (Wildman–Crippen LogP) is 11.7. The Bertz CT molecular complexity index is 3220. The molecule has 36 heteroatoms. The third kappa shape index (κ3) is 35.8. The van der Waals surface area contributed by atoms with Gasteiger partial charge in [0.2, 0.25) is 0 Å². The summed E-state index contributed by atoms with van der Waals surface area (Å²) in [6, 6.07) is 14.5. The Morgan fingerprint density at radius 1 is 0.671 bits per heavy atom. The number of thiol groups is 1. The van der Waals surface area contributed by atoms with Crippen LogP contribution in [0.4, 0.5) is 38.7 Å². The third-order valence-corrected chi connectivity index (χ3v) is 12.3. The van der Waals surface area contributed by atoms with Crippen LogP contribution in [0.5, 0.6) is 0 Å². The number of nitrogens with one attached hydrogen (secondary N) is 4. The van der Waals surface area contributed by atoms with E-state index in [1.165, 1.54) is 23.7 Å². The molecule has 9 aromatic rings. The number of anilines is 7. The molecule has 0 fully saturated rings. The van der Waals surface area contributed by atoms with Crippen LogP contribution in [0.25, 0.3) is 10.4 Å². The number of aromatic nitrogens is 13. The van der Waals surface area contributed by atoms with Crippen molar-refractivity contribution in [3.63, 3.8) is 0 Å². The molecule has 0 aliphatic carbocycles. The second-order valence-electron chi connectivity index (χ2n) is 15.8. The van der Waals surface area contributed by atoms with Crippen molar-refractivity contribution >= 4 is 198 Å². The average Bonchev–Trinajstić information content (AvgIpc) is 4.46. The van der Waals surface area contributed by atoms with E-state index in [1.54, 1.807) is 79.9 Å². The molecule has 0 spiro atoms. The van der Waals surface area contributed by atoms with Crippen LogP contribution in [0, 0.1) is 55.4 Å². The van der Waals surface area contributed by atoms with Gasteiger partial charge in [-0.1, -0.05) is 57.5 Å². The van der Waals surface area contributed by atoms with E-state index >= 15 is 0 Å². The molecule has 9 rings (SSSR count). The number of nitrogens with zero attached hydrogens (tertiary/aromatic N) is 14. The molecule has 0 saturated heterocycles. The van der Waals surface area contributed by atoms with Crippen LogP contribution >= 0.6 is 134 Å². The third-order valence-electron chi connectivity index (χ3n) is 8.86. The van der Waals surface area contributed by atoms with E-state index in [4.69, 9.17) is 71.7 Å². The fourth-order valence-corrected chi connectivity index (χ4v) is 8.75. The van der Waals surface area contributed by atoms with E-state index in [0.29, 0.717) is 23.0 Å². The van der Waals surface area contributed by atoms with Gasteiger partial charge >= 0.3 is 31.9 Å². The fraction of sp³-hybridized carbons (Fsp3) is 0.265. The molecule has 9 heterocycles. The standard InChI is InChI=1S/C14H13N5S.C9H9BrN4S.C9H10N4S.C7H10N4S.C5H6BNO2.C4H9ClO2.CHCl3.BHNS.ClH/c1-9-7-13(18-10(2)17-9)19-14-16-8-12(20-14)11-3-5-15-6-4-11;1-5-3-8(13-6(2)12-5)14-9-11-4-7(10)15-9;1-6-5-8(12-7(2)11-6)13-9-10-3-4-14-9;1-4-3-6(11-7(8)12)10-5(2)9-4;8-6(9)5-1-3-7-4-2-5;1-6-4(3-5)7-2;2-1(3)4;1-2-3;/h3-8H,1-2H3,(H,16,17,18,19);3-4H,1-2H3,(H,11,12,13,14);3-5H,1-2H3,(H,10,11,12,13);3H,1-2H3,(H3,8,9,10,11,12);1-4,8-9H;4H,3H2,1-2H3;1H;3H;1H. The van der Waals surface area contributed by atoms with Crippen LogP contribution in [0.3, 0.4) is 0 Å². The quantitative estimate of drug-likeness (QED) is 0.0185. The van der Waals surface area contributed by atoms with Gasteiger partial charge in [-0.05, 0) is 119 Å². The van der Waals surface area contributed by atoms with E-state index in [0.717, 1.165) is 87.3 Å². The first-order chi connectivity index (χ1) is 39.9. The Labute approximate surface area is 552 Å². The van der Waals surface area contributed by atoms with E-state index in [9.17, 15) is 0 Å². The molecule has 0 unspecified atom stereocenters. The molecule has 453 valence electrons. The van der Waals surface area contributed by atoms with Crippen molar-refractivity contribution in [2.45, 2.75) is 66.0 Å². The molecule has 85 heavy (non-hydrogen) atoms. The molecule has 0 aliphatic heterocycles. The van der Waals surface area contributed by atoms with Gasteiger partial charge < -0.3 is 46.5 Å². The summed E-state index contributed by atoms with van der Waals surface area (Å²) in [6.07, 6.45) is 11.7. The predicted molar refractivity (Wildman–Crippen MR) is 362 cm³/mol. The summed E-state index contributed by atoms with van der Waals surface area (Å²) in [4.78, 5) is 55.2. The van der Waals surface area contributed by atoms with E-state index in [1.807, 2.05) is 97.3 Å². The van der Waals surface area contributed by atoms with E-state index in [-0.39, 0.29) is 23.8 Å². The van der Waals surface area contributed by atoms with Crippen LogP contribution < -0.4 is 32.5 Å². The summed E-state index contributed by atoms with van der Waals surface area (Å²) in [7, 11) is 6.06. The summed E-state index contributed by atoms with van der Waals surface area (Å²) in [5.74, 6) is 6.35. The Hall–Kier alpha value is -5.35. The Morgan fingerprint density at radius 3 is 1.39 bits per heavy atom. The zero-order valence-electron chi connectivity index (χ0n) is 47.2. The number of hydrogen-bond acceptors (Lipinski definition) is 26. The van der Waals surface area contributed by atoms with Crippen LogP contribution in [-0.2, 0) is 9.47 Å². The number of thiocarbonyl (C=S) groups is 1. The van der Waals surface area contributed by atoms with Gasteiger partial charge in [-0.15, -0.1) is 35.3 Å². The first kappa shape index (κ1) is 77.7. The molecule has 0 aromatic carbocycles. The monoisotopic (exact) mass is 1410 g/mol. The van der Waals surface area contributed by atoms with Crippen LogP contribution in [-0.4, -0.2) is 125 Å². The summed E-state index contributed by atoms with van der Waals surface area (Å²) >= 11 is 35.6. The minimum atomic E-state index is -1.38. The first-order valence-corrected chi connectivity index (χ1v) is 29.8. The molecular formula is C49H60B2BrCl5N19O4S5. The molecule has 0 bridgehead atoms. The van der Waals surface area contributed by atoms with Gasteiger partial charge in [0.25, 0.3) is 0 Å². The first-order valence-electron chi connectivity index (χ1n) is 23.8. The fourth-order valence-electron chi connectivity index (χ4n) is 5.92.